The molecule has 0 spiro atoms. The smallest absolute Gasteiger partial charge is 0.206 e. The molecule has 4 rings (SSSR count). The van der Waals surface area contributed by atoms with Gasteiger partial charge in [0, 0.05) is 30.4 Å². The number of hydrogen-bond donors (Lipinski definition) is 1. The molecule has 0 amide bonds. The minimum Gasteiger partial charge on any atom is -0.402 e. The molecule has 1 fully saturated rings. The van der Waals surface area contributed by atoms with Gasteiger partial charge >= 0.3 is 0 Å². The standard InChI is InChI=1S/C22H24N2O2S/c23-19-10-13-22-18(15-19)5-4-14-24(22)16-17-8-11-21(12-9-17)27(25,26)20-6-2-1-3-7-20/h1-3,6-13,18H,4-5,14-16,23H2. The van der Waals surface area contributed by atoms with Crippen LogP contribution in [0.25, 0.3) is 0 Å². The molecule has 2 N–H and O–H groups in total. The summed E-state index contributed by atoms with van der Waals surface area (Å²) >= 11 is 0. The van der Waals surface area contributed by atoms with Crippen molar-refractivity contribution < 1.29 is 8.42 Å². The fourth-order valence-corrected chi connectivity index (χ4v) is 5.24. The molecule has 1 aliphatic heterocycles. The Morgan fingerprint density at radius 1 is 0.963 bits per heavy atom. The Balaban J connectivity index is 1.53. The lowest BCUT2D eigenvalue weighted by Gasteiger charge is -2.39. The summed E-state index contributed by atoms with van der Waals surface area (Å²) in [4.78, 5) is 3.06. The van der Waals surface area contributed by atoms with E-state index in [9.17, 15) is 8.42 Å². The normalized spacial score (nSPS) is 19.9. The average molecular weight is 381 g/mol. The number of nitrogens with zero attached hydrogens (tertiary/aromatic N) is 1. The molecule has 0 radical (unpaired) electrons. The van der Waals surface area contributed by atoms with E-state index in [4.69, 9.17) is 5.73 Å². The van der Waals surface area contributed by atoms with Gasteiger partial charge in [-0.25, -0.2) is 8.42 Å². The van der Waals surface area contributed by atoms with E-state index in [-0.39, 0.29) is 0 Å². The second kappa shape index (κ2) is 7.24. The van der Waals surface area contributed by atoms with Gasteiger partial charge < -0.3 is 10.6 Å². The van der Waals surface area contributed by atoms with E-state index in [1.165, 1.54) is 12.1 Å². The predicted octanol–water partition coefficient (Wildman–Crippen LogP) is 3.86. The topological polar surface area (TPSA) is 63.4 Å². The molecule has 1 heterocycles. The van der Waals surface area contributed by atoms with Crippen LogP contribution in [0.4, 0.5) is 0 Å². The van der Waals surface area contributed by atoms with E-state index < -0.39 is 9.84 Å². The van der Waals surface area contributed by atoms with Crippen LogP contribution in [0, 0.1) is 5.92 Å². The molecule has 1 saturated heterocycles. The average Bonchev–Trinajstić information content (AvgIpc) is 2.69. The van der Waals surface area contributed by atoms with Crippen LogP contribution >= 0.6 is 0 Å². The fraction of sp³-hybridized carbons (Fsp3) is 0.273. The van der Waals surface area contributed by atoms with Crippen LogP contribution in [-0.2, 0) is 16.4 Å². The molecule has 0 saturated carbocycles. The van der Waals surface area contributed by atoms with Crippen molar-refractivity contribution in [1.29, 1.82) is 0 Å². The Bertz CT molecular complexity index is 977. The maximum atomic E-state index is 12.7. The number of fused-ring (bicyclic) bond motifs is 1. The lowest BCUT2D eigenvalue weighted by atomic mass is 9.86. The van der Waals surface area contributed by atoms with Crippen LogP contribution in [0.2, 0.25) is 0 Å². The van der Waals surface area contributed by atoms with Gasteiger partial charge in [-0.05, 0) is 61.2 Å². The SMILES string of the molecule is NC1=CC=C2C(CCCN2Cc2ccc(S(=O)(=O)c3ccccc3)cc2)C1. The third-order valence-corrected chi connectivity index (χ3v) is 7.16. The van der Waals surface area contributed by atoms with Crippen LogP contribution in [0.15, 0.2) is 87.9 Å². The highest BCUT2D eigenvalue weighted by Gasteiger charge is 2.27. The van der Waals surface area contributed by atoms with E-state index in [0.717, 1.165) is 37.2 Å². The van der Waals surface area contributed by atoms with Crippen molar-refractivity contribution in [2.75, 3.05) is 6.54 Å². The molecule has 2 aromatic rings. The quantitative estimate of drug-likeness (QED) is 0.875. The summed E-state index contributed by atoms with van der Waals surface area (Å²) in [5.74, 6) is 0.515. The number of likely N-dealkylation sites (tertiary alicyclic amines) is 1. The number of sulfone groups is 1. The number of allylic oxidation sites excluding steroid dienone is 4. The van der Waals surface area contributed by atoms with Gasteiger partial charge in [-0.2, -0.15) is 0 Å². The second-order valence-electron chi connectivity index (χ2n) is 7.26. The monoisotopic (exact) mass is 380 g/mol. The van der Waals surface area contributed by atoms with E-state index in [1.807, 2.05) is 24.3 Å². The Hall–Kier alpha value is -2.53. The fourth-order valence-electron chi connectivity index (χ4n) is 3.96. The van der Waals surface area contributed by atoms with Crippen molar-refractivity contribution in [3.8, 4) is 0 Å². The minimum absolute atomic E-state index is 0.327. The Labute approximate surface area is 160 Å². The van der Waals surface area contributed by atoms with E-state index >= 15 is 0 Å². The number of piperidine rings is 1. The van der Waals surface area contributed by atoms with Crippen LogP contribution in [0.1, 0.15) is 24.8 Å². The summed E-state index contributed by atoms with van der Waals surface area (Å²) in [7, 11) is -3.46. The first-order chi connectivity index (χ1) is 13.0. The van der Waals surface area contributed by atoms with Crippen LogP contribution in [0.3, 0.4) is 0 Å². The predicted molar refractivity (Wildman–Crippen MR) is 106 cm³/mol. The van der Waals surface area contributed by atoms with Crippen LogP contribution < -0.4 is 5.73 Å². The third kappa shape index (κ3) is 3.65. The highest BCUT2D eigenvalue weighted by molar-refractivity contribution is 7.91. The summed E-state index contributed by atoms with van der Waals surface area (Å²) < 4.78 is 25.4. The molecule has 1 aliphatic carbocycles. The van der Waals surface area contributed by atoms with Gasteiger partial charge in [0.15, 0.2) is 0 Å². The van der Waals surface area contributed by atoms with Crippen molar-refractivity contribution >= 4 is 9.84 Å². The second-order valence-corrected chi connectivity index (χ2v) is 9.21. The Morgan fingerprint density at radius 3 is 2.41 bits per heavy atom. The highest BCUT2D eigenvalue weighted by atomic mass is 32.2. The zero-order valence-electron chi connectivity index (χ0n) is 15.2. The maximum absolute atomic E-state index is 12.7. The van der Waals surface area contributed by atoms with Gasteiger partial charge in [0.25, 0.3) is 0 Å². The zero-order chi connectivity index (χ0) is 18.9. The molecule has 4 nitrogen and oxygen atoms in total. The highest BCUT2D eigenvalue weighted by Crippen LogP contribution is 2.34. The molecule has 27 heavy (non-hydrogen) atoms. The largest absolute Gasteiger partial charge is 0.402 e. The van der Waals surface area contributed by atoms with Crippen molar-refractivity contribution in [2.45, 2.75) is 35.6 Å². The zero-order valence-corrected chi connectivity index (χ0v) is 16.0. The van der Waals surface area contributed by atoms with Crippen molar-refractivity contribution in [2.24, 2.45) is 11.7 Å². The number of rotatable bonds is 4. The number of hydrogen-bond acceptors (Lipinski definition) is 4. The summed E-state index contributed by atoms with van der Waals surface area (Å²) in [6.45, 7) is 1.82. The van der Waals surface area contributed by atoms with Gasteiger partial charge in [0.1, 0.15) is 0 Å². The molecule has 2 aromatic carbocycles. The summed E-state index contributed by atoms with van der Waals surface area (Å²) in [6, 6.07) is 15.8. The molecule has 140 valence electrons. The molecular weight excluding hydrogens is 356 g/mol. The third-order valence-electron chi connectivity index (χ3n) is 5.37. The van der Waals surface area contributed by atoms with Gasteiger partial charge in [-0.3, -0.25) is 0 Å². The van der Waals surface area contributed by atoms with Gasteiger partial charge in [0.2, 0.25) is 9.84 Å². The van der Waals surface area contributed by atoms with Gasteiger partial charge in [0.05, 0.1) is 9.79 Å². The number of nitrogens with two attached hydrogens (primary N) is 1. The lowest BCUT2D eigenvalue weighted by molar-refractivity contribution is 0.231. The Kier molecular flexibility index (Phi) is 4.79. The Morgan fingerprint density at radius 2 is 1.67 bits per heavy atom. The van der Waals surface area contributed by atoms with Crippen molar-refractivity contribution in [3.63, 3.8) is 0 Å². The van der Waals surface area contributed by atoms with E-state index in [2.05, 4.69) is 11.0 Å². The van der Waals surface area contributed by atoms with Gasteiger partial charge in [-0.1, -0.05) is 30.3 Å². The first kappa shape index (κ1) is 17.9. The first-order valence-electron chi connectivity index (χ1n) is 9.34. The van der Waals surface area contributed by atoms with E-state index in [0.29, 0.717) is 15.7 Å². The molecule has 1 atom stereocenters. The lowest BCUT2D eigenvalue weighted by Crippen LogP contribution is -2.34. The molecule has 0 aromatic heterocycles. The molecule has 2 aliphatic rings. The summed E-state index contributed by atoms with van der Waals surface area (Å²) in [6.07, 6.45) is 7.45. The molecule has 0 bridgehead atoms. The molecule has 5 heteroatoms. The molecular formula is C22H24N2O2S. The minimum atomic E-state index is -3.46. The number of benzene rings is 2. The maximum Gasteiger partial charge on any atom is 0.206 e. The van der Waals surface area contributed by atoms with Crippen molar-refractivity contribution in [3.05, 3.63) is 83.7 Å². The van der Waals surface area contributed by atoms with Gasteiger partial charge in [-0.15, -0.1) is 0 Å². The summed E-state index contributed by atoms with van der Waals surface area (Å²) in [5.41, 5.74) is 9.42. The van der Waals surface area contributed by atoms with Crippen LogP contribution in [0.5, 0.6) is 0 Å². The first-order valence-corrected chi connectivity index (χ1v) is 10.8. The molecule has 1 unspecified atom stereocenters. The van der Waals surface area contributed by atoms with Crippen molar-refractivity contribution in [1.82, 2.24) is 4.90 Å². The van der Waals surface area contributed by atoms with E-state index in [1.54, 1.807) is 36.4 Å². The van der Waals surface area contributed by atoms with Crippen LogP contribution in [-0.4, -0.2) is 19.9 Å². The summed E-state index contributed by atoms with van der Waals surface area (Å²) in [5, 5.41) is 0.